The van der Waals surface area contributed by atoms with Crippen LogP contribution in [-0.4, -0.2) is 30.0 Å². The molecule has 1 aromatic rings. The molecule has 0 spiro atoms. The first-order valence-electron chi connectivity index (χ1n) is 5.93. The number of nitrogens with two attached hydrogens (primary N) is 1. The molecule has 1 aliphatic carbocycles. The molecule has 1 atom stereocenters. The lowest BCUT2D eigenvalue weighted by atomic mass is 9.97. The van der Waals surface area contributed by atoms with Gasteiger partial charge >= 0.3 is 5.97 Å². The monoisotopic (exact) mass is 250 g/mol. The minimum Gasteiger partial charge on any atom is -0.461 e. The SMILES string of the molecule is CCOC(=O)c1cc2c(n1N)=CCC(C)(OC)C=2. The van der Waals surface area contributed by atoms with Gasteiger partial charge in [-0.3, -0.25) is 4.68 Å². The van der Waals surface area contributed by atoms with Crippen molar-refractivity contribution in [3.05, 3.63) is 22.3 Å². The molecule has 0 radical (unpaired) electrons. The zero-order valence-corrected chi connectivity index (χ0v) is 10.9. The maximum atomic E-state index is 11.7. The number of carbonyl (C=O) groups is 1. The van der Waals surface area contributed by atoms with E-state index in [0.717, 1.165) is 17.0 Å². The smallest absolute Gasteiger partial charge is 0.356 e. The van der Waals surface area contributed by atoms with Gasteiger partial charge in [-0.25, -0.2) is 4.79 Å². The second-order valence-electron chi connectivity index (χ2n) is 4.53. The minimum atomic E-state index is -0.407. The maximum Gasteiger partial charge on any atom is 0.356 e. The van der Waals surface area contributed by atoms with Gasteiger partial charge in [0.25, 0.3) is 0 Å². The average Bonchev–Trinajstić information content (AvgIpc) is 2.66. The molecule has 0 aromatic carbocycles. The topological polar surface area (TPSA) is 66.5 Å². The fourth-order valence-corrected chi connectivity index (χ4v) is 2.08. The Kier molecular flexibility index (Phi) is 3.17. The van der Waals surface area contributed by atoms with Crippen molar-refractivity contribution in [2.45, 2.75) is 25.9 Å². The zero-order valence-electron chi connectivity index (χ0n) is 10.9. The number of esters is 1. The molecule has 0 aliphatic heterocycles. The van der Waals surface area contributed by atoms with E-state index in [9.17, 15) is 4.79 Å². The summed E-state index contributed by atoms with van der Waals surface area (Å²) in [7, 11) is 1.67. The number of ether oxygens (including phenoxy) is 2. The predicted molar refractivity (Wildman–Crippen MR) is 68.7 cm³/mol. The summed E-state index contributed by atoms with van der Waals surface area (Å²) in [6.45, 7) is 4.09. The Morgan fingerprint density at radius 2 is 2.33 bits per heavy atom. The number of nitrogens with zero attached hydrogens (tertiary/aromatic N) is 1. The number of fused-ring (bicyclic) bond motifs is 1. The van der Waals surface area contributed by atoms with Crippen LogP contribution in [-0.2, 0) is 9.47 Å². The lowest BCUT2D eigenvalue weighted by Crippen LogP contribution is -2.41. The molecule has 2 rings (SSSR count). The van der Waals surface area contributed by atoms with E-state index in [4.69, 9.17) is 15.3 Å². The van der Waals surface area contributed by atoms with Gasteiger partial charge in [0.05, 0.1) is 17.6 Å². The Bertz CT molecular complexity index is 588. The lowest BCUT2D eigenvalue weighted by molar-refractivity contribution is 0.0516. The fraction of sp³-hybridized carbons (Fsp3) is 0.462. The third-order valence-corrected chi connectivity index (χ3v) is 3.22. The molecule has 1 unspecified atom stereocenters. The summed E-state index contributed by atoms with van der Waals surface area (Å²) in [6, 6.07) is 1.74. The molecule has 1 aliphatic rings. The second-order valence-corrected chi connectivity index (χ2v) is 4.53. The van der Waals surface area contributed by atoms with Crippen LogP contribution in [0.25, 0.3) is 12.2 Å². The molecule has 0 amide bonds. The summed E-state index contributed by atoms with van der Waals surface area (Å²) in [6.07, 6.45) is 4.68. The summed E-state index contributed by atoms with van der Waals surface area (Å²) < 4.78 is 11.8. The molecule has 98 valence electrons. The van der Waals surface area contributed by atoms with E-state index in [1.165, 1.54) is 4.68 Å². The lowest BCUT2D eigenvalue weighted by Gasteiger charge is -2.24. The predicted octanol–water partition coefficient (Wildman–Crippen LogP) is -0.252. The largest absolute Gasteiger partial charge is 0.461 e. The number of hydrogen-bond acceptors (Lipinski definition) is 4. The number of rotatable bonds is 3. The van der Waals surface area contributed by atoms with Crippen molar-refractivity contribution in [2.24, 2.45) is 0 Å². The van der Waals surface area contributed by atoms with Crippen molar-refractivity contribution in [3.63, 3.8) is 0 Å². The normalized spacial score (nSPS) is 21.7. The molecule has 0 fully saturated rings. The van der Waals surface area contributed by atoms with E-state index in [1.54, 1.807) is 20.1 Å². The van der Waals surface area contributed by atoms with Crippen molar-refractivity contribution in [1.82, 2.24) is 4.68 Å². The number of carbonyl (C=O) groups excluding carboxylic acids is 1. The van der Waals surface area contributed by atoms with Crippen molar-refractivity contribution < 1.29 is 14.3 Å². The highest BCUT2D eigenvalue weighted by molar-refractivity contribution is 5.88. The molecule has 18 heavy (non-hydrogen) atoms. The quantitative estimate of drug-likeness (QED) is 0.593. The van der Waals surface area contributed by atoms with Crippen molar-refractivity contribution in [3.8, 4) is 0 Å². The van der Waals surface area contributed by atoms with Crippen LogP contribution < -0.4 is 16.4 Å². The van der Waals surface area contributed by atoms with Gasteiger partial charge in [-0.1, -0.05) is 6.08 Å². The van der Waals surface area contributed by atoms with Crippen LogP contribution >= 0.6 is 0 Å². The summed E-state index contributed by atoms with van der Waals surface area (Å²) in [4.78, 5) is 11.7. The summed E-state index contributed by atoms with van der Waals surface area (Å²) in [5, 5.41) is 1.73. The van der Waals surface area contributed by atoms with Crippen LogP contribution in [0.3, 0.4) is 0 Å². The highest BCUT2D eigenvalue weighted by Crippen LogP contribution is 2.18. The van der Waals surface area contributed by atoms with Gasteiger partial charge in [0.15, 0.2) is 0 Å². The second kappa shape index (κ2) is 4.49. The van der Waals surface area contributed by atoms with E-state index < -0.39 is 5.97 Å². The molecular formula is C13H18N2O3. The zero-order chi connectivity index (χ0) is 13.3. The number of hydrogen-bond donors (Lipinski definition) is 1. The van der Waals surface area contributed by atoms with Crippen molar-refractivity contribution in [1.29, 1.82) is 0 Å². The van der Waals surface area contributed by atoms with Crippen LogP contribution in [0.2, 0.25) is 0 Å². The molecule has 0 saturated heterocycles. The first kappa shape index (κ1) is 12.7. The number of methoxy groups -OCH3 is 1. The summed E-state index contributed by atoms with van der Waals surface area (Å²) >= 11 is 0. The summed E-state index contributed by atoms with van der Waals surface area (Å²) in [5.74, 6) is 5.50. The van der Waals surface area contributed by atoms with Gasteiger partial charge in [-0.15, -0.1) is 0 Å². The molecule has 5 heteroatoms. The molecule has 5 nitrogen and oxygen atoms in total. The first-order chi connectivity index (χ1) is 8.50. The third-order valence-electron chi connectivity index (χ3n) is 3.22. The van der Waals surface area contributed by atoms with Gasteiger partial charge in [-0.2, -0.15) is 0 Å². The Morgan fingerprint density at radius 1 is 1.61 bits per heavy atom. The van der Waals surface area contributed by atoms with Gasteiger partial charge < -0.3 is 15.3 Å². The van der Waals surface area contributed by atoms with Gasteiger partial charge in [-0.05, 0) is 26.0 Å². The molecule has 0 bridgehead atoms. The van der Waals surface area contributed by atoms with E-state index in [0.29, 0.717) is 12.3 Å². The van der Waals surface area contributed by atoms with E-state index in [1.807, 2.05) is 19.1 Å². The standard InChI is InChI=1S/C13H18N2O3/c1-4-18-12(16)11-7-9-8-13(2,17-3)6-5-10(9)15(11)14/h5,7-8H,4,6,14H2,1-3H3. The van der Waals surface area contributed by atoms with Gasteiger partial charge in [0.2, 0.25) is 0 Å². The Hall–Kier alpha value is -1.75. The fourth-order valence-electron chi connectivity index (χ4n) is 2.08. The van der Waals surface area contributed by atoms with Gasteiger partial charge in [0.1, 0.15) is 5.69 Å². The first-order valence-corrected chi connectivity index (χ1v) is 5.93. The highest BCUT2D eigenvalue weighted by Gasteiger charge is 2.24. The molecule has 1 aromatic heterocycles. The van der Waals surface area contributed by atoms with E-state index in [2.05, 4.69) is 0 Å². The van der Waals surface area contributed by atoms with Crippen molar-refractivity contribution in [2.75, 3.05) is 19.6 Å². The molecular weight excluding hydrogens is 232 g/mol. The third kappa shape index (κ3) is 2.01. The molecule has 1 heterocycles. The average molecular weight is 250 g/mol. The van der Waals surface area contributed by atoms with Crippen molar-refractivity contribution >= 4 is 18.1 Å². The van der Waals surface area contributed by atoms with Crippen LogP contribution in [0.1, 0.15) is 30.8 Å². The molecule has 0 saturated carbocycles. The molecule has 2 N–H and O–H groups in total. The van der Waals surface area contributed by atoms with E-state index in [-0.39, 0.29) is 5.60 Å². The Labute approximate surface area is 105 Å². The Balaban J connectivity index is 2.53. The van der Waals surface area contributed by atoms with Crippen LogP contribution in [0.4, 0.5) is 0 Å². The minimum absolute atomic E-state index is 0.331. The number of aromatic nitrogens is 1. The van der Waals surface area contributed by atoms with Crippen LogP contribution in [0, 0.1) is 0 Å². The Morgan fingerprint density at radius 3 is 2.94 bits per heavy atom. The van der Waals surface area contributed by atoms with Crippen LogP contribution in [0.15, 0.2) is 6.07 Å². The van der Waals surface area contributed by atoms with Crippen LogP contribution in [0.5, 0.6) is 0 Å². The highest BCUT2D eigenvalue weighted by atomic mass is 16.5. The van der Waals surface area contributed by atoms with E-state index >= 15 is 0 Å². The van der Waals surface area contributed by atoms with Gasteiger partial charge in [0, 0.05) is 18.7 Å². The summed E-state index contributed by atoms with van der Waals surface area (Å²) in [5.41, 5.74) is 0.00927. The maximum absolute atomic E-state index is 11.7. The number of nitrogen functional groups attached to an aromatic ring is 1.